The van der Waals surface area contributed by atoms with Gasteiger partial charge in [-0.3, -0.25) is 0 Å². The minimum Gasteiger partial charge on any atom is -0.378 e. The molecule has 2 aromatic carbocycles. The fraction of sp³-hybridized carbons (Fsp3) is 0.300. The fourth-order valence-electron chi connectivity index (χ4n) is 2.76. The van der Waals surface area contributed by atoms with Crippen molar-refractivity contribution in [1.29, 1.82) is 0 Å². The van der Waals surface area contributed by atoms with E-state index in [4.69, 9.17) is 24.4 Å². The first-order chi connectivity index (χ1) is 11.5. The molecule has 0 unspecified atom stereocenters. The van der Waals surface area contributed by atoms with Crippen LogP contribution in [0.25, 0.3) is 0 Å². The van der Waals surface area contributed by atoms with Crippen LogP contribution in [-0.4, -0.2) is 37.4 Å². The van der Waals surface area contributed by atoms with Gasteiger partial charge in [0, 0.05) is 44.0 Å². The van der Waals surface area contributed by atoms with E-state index in [0.29, 0.717) is 0 Å². The third kappa shape index (κ3) is 3.82. The first-order valence-electron chi connectivity index (χ1n) is 8.11. The summed E-state index contributed by atoms with van der Waals surface area (Å²) in [6.45, 7) is 6.09. The first kappa shape index (κ1) is 18.6. The van der Waals surface area contributed by atoms with Crippen molar-refractivity contribution in [1.82, 2.24) is 0 Å². The second-order valence-electron chi connectivity index (χ2n) is 5.75. The summed E-state index contributed by atoms with van der Waals surface area (Å²) < 4.78 is 0. The summed E-state index contributed by atoms with van der Waals surface area (Å²) in [4.78, 5) is 5.20. The van der Waals surface area contributed by atoms with Gasteiger partial charge in [-0.1, -0.05) is 54.8 Å². The Kier molecular flexibility index (Phi) is 6.46. The molecule has 0 heterocycles. The van der Waals surface area contributed by atoms with E-state index in [9.17, 15) is 0 Å². The standard InChI is InChI=1S/C20H23N2S2/c1-5-22(6-2)19-16(14-23)8-7-9-18(19)20(24)15-10-12-17(13-11-15)21(3)4/h7-13H,5-6H2,1-4H3. The van der Waals surface area contributed by atoms with Crippen molar-refractivity contribution in [2.75, 3.05) is 37.0 Å². The van der Waals surface area contributed by atoms with Crippen molar-refractivity contribution in [2.45, 2.75) is 13.8 Å². The quantitative estimate of drug-likeness (QED) is 0.529. The highest BCUT2D eigenvalue weighted by atomic mass is 32.1. The average Bonchev–Trinajstić information content (AvgIpc) is 2.62. The second-order valence-corrected chi connectivity index (χ2v) is 6.36. The summed E-state index contributed by atoms with van der Waals surface area (Å²) in [7, 11) is 4.06. The molecule has 0 aromatic heterocycles. The van der Waals surface area contributed by atoms with E-state index in [1.807, 2.05) is 26.2 Å². The van der Waals surface area contributed by atoms with Gasteiger partial charge in [0.05, 0.1) is 15.9 Å². The van der Waals surface area contributed by atoms with Crippen molar-refractivity contribution in [3.63, 3.8) is 0 Å². The van der Waals surface area contributed by atoms with E-state index < -0.39 is 0 Å². The van der Waals surface area contributed by atoms with E-state index in [1.165, 1.54) is 0 Å². The number of benzene rings is 2. The van der Waals surface area contributed by atoms with Crippen molar-refractivity contribution < 1.29 is 0 Å². The number of thiocarbonyl (C=S) groups is 2. The summed E-state index contributed by atoms with van der Waals surface area (Å²) in [6.07, 6.45) is 0. The van der Waals surface area contributed by atoms with Gasteiger partial charge in [0.25, 0.3) is 0 Å². The van der Waals surface area contributed by atoms with Gasteiger partial charge in [-0.15, -0.1) is 0 Å². The highest BCUT2D eigenvalue weighted by molar-refractivity contribution is 7.81. The van der Waals surface area contributed by atoms with Crippen LogP contribution in [-0.2, 0) is 0 Å². The zero-order chi connectivity index (χ0) is 17.7. The van der Waals surface area contributed by atoms with Gasteiger partial charge >= 0.3 is 0 Å². The van der Waals surface area contributed by atoms with Crippen LogP contribution in [0.2, 0.25) is 0 Å². The molecule has 24 heavy (non-hydrogen) atoms. The highest BCUT2D eigenvalue weighted by Crippen LogP contribution is 2.28. The molecule has 0 atom stereocenters. The summed E-state index contributed by atoms with van der Waals surface area (Å²) in [6, 6.07) is 14.4. The Morgan fingerprint density at radius 2 is 1.62 bits per heavy atom. The maximum atomic E-state index is 5.80. The Morgan fingerprint density at radius 3 is 2.12 bits per heavy atom. The fourth-order valence-corrected chi connectivity index (χ4v) is 3.22. The second kappa shape index (κ2) is 8.36. The van der Waals surface area contributed by atoms with Gasteiger partial charge in [0.2, 0.25) is 0 Å². The molecule has 0 aliphatic rings. The van der Waals surface area contributed by atoms with Crippen molar-refractivity contribution >= 4 is 46.0 Å². The largest absolute Gasteiger partial charge is 0.378 e. The third-order valence-corrected chi connectivity index (χ3v) is 4.79. The SMILES string of the molecule is CCN(CC)c1c([C]=S)cccc1C(=S)c1ccc(N(C)C)cc1. The number of rotatable bonds is 7. The Labute approximate surface area is 156 Å². The smallest absolute Gasteiger partial charge is 0.0658 e. The third-order valence-electron chi connectivity index (χ3n) is 4.12. The molecule has 0 saturated heterocycles. The van der Waals surface area contributed by atoms with Crippen LogP contribution >= 0.6 is 24.4 Å². The van der Waals surface area contributed by atoms with Crippen LogP contribution in [0.15, 0.2) is 42.5 Å². The van der Waals surface area contributed by atoms with Crippen LogP contribution in [0, 0.1) is 0 Å². The summed E-state index contributed by atoms with van der Waals surface area (Å²) in [5.41, 5.74) is 5.26. The van der Waals surface area contributed by atoms with E-state index in [2.05, 4.69) is 59.3 Å². The lowest BCUT2D eigenvalue weighted by atomic mass is 9.99. The molecular weight excluding hydrogens is 332 g/mol. The summed E-state index contributed by atoms with van der Waals surface area (Å²) >= 11 is 10.9. The Balaban J connectivity index is 2.50. The van der Waals surface area contributed by atoms with Crippen molar-refractivity contribution in [3.8, 4) is 0 Å². The molecule has 2 aromatic rings. The molecule has 0 saturated carbocycles. The average molecular weight is 356 g/mol. The highest BCUT2D eigenvalue weighted by Gasteiger charge is 2.17. The lowest BCUT2D eigenvalue weighted by molar-refractivity contribution is 0.865. The van der Waals surface area contributed by atoms with Crippen LogP contribution in [0.3, 0.4) is 0 Å². The minimum absolute atomic E-state index is 0.842. The zero-order valence-corrected chi connectivity index (χ0v) is 16.3. The molecule has 0 bridgehead atoms. The molecule has 2 rings (SSSR count). The summed E-state index contributed by atoms with van der Waals surface area (Å²) in [5.74, 6) is 0. The molecule has 0 fully saturated rings. The molecule has 0 spiro atoms. The van der Waals surface area contributed by atoms with E-state index >= 15 is 0 Å². The lowest BCUT2D eigenvalue weighted by Crippen LogP contribution is -2.25. The summed E-state index contributed by atoms with van der Waals surface area (Å²) in [5, 5.41) is 2.89. The maximum absolute atomic E-state index is 5.80. The molecule has 125 valence electrons. The normalized spacial score (nSPS) is 10.3. The van der Waals surface area contributed by atoms with Crippen molar-refractivity contribution in [3.05, 3.63) is 59.2 Å². The maximum Gasteiger partial charge on any atom is 0.0658 e. The monoisotopic (exact) mass is 355 g/mol. The van der Waals surface area contributed by atoms with Crippen LogP contribution in [0.1, 0.15) is 30.5 Å². The van der Waals surface area contributed by atoms with E-state index in [0.717, 1.165) is 46.0 Å². The lowest BCUT2D eigenvalue weighted by Gasteiger charge is -2.26. The van der Waals surface area contributed by atoms with E-state index in [1.54, 1.807) is 0 Å². The first-order valence-corrected chi connectivity index (χ1v) is 8.93. The molecule has 4 heteroatoms. The topological polar surface area (TPSA) is 6.48 Å². The predicted octanol–water partition coefficient (Wildman–Crippen LogP) is 4.59. The van der Waals surface area contributed by atoms with Gasteiger partial charge in [0.15, 0.2) is 0 Å². The van der Waals surface area contributed by atoms with Gasteiger partial charge in [-0.2, -0.15) is 0 Å². The number of anilines is 2. The van der Waals surface area contributed by atoms with Crippen LogP contribution < -0.4 is 9.80 Å². The molecule has 0 aliphatic heterocycles. The number of para-hydroxylation sites is 1. The molecule has 0 aliphatic carbocycles. The molecule has 2 nitrogen and oxygen atoms in total. The van der Waals surface area contributed by atoms with Crippen LogP contribution in [0.5, 0.6) is 0 Å². The van der Waals surface area contributed by atoms with E-state index in [-0.39, 0.29) is 0 Å². The Bertz CT molecular complexity index is 717. The zero-order valence-electron chi connectivity index (χ0n) is 14.7. The molecule has 0 amide bonds. The van der Waals surface area contributed by atoms with Crippen molar-refractivity contribution in [2.24, 2.45) is 0 Å². The Morgan fingerprint density at radius 1 is 1.00 bits per heavy atom. The minimum atomic E-state index is 0.842. The van der Waals surface area contributed by atoms with Gasteiger partial charge < -0.3 is 9.80 Å². The van der Waals surface area contributed by atoms with Crippen LogP contribution in [0.4, 0.5) is 11.4 Å². The molecule has 1 radical (unpaired) electrons. The van der Waals surface area contributed by atoms with Gasteiger partial charge in [-0.25, -0.2) is 0 Å². The van der Waals surface area contributed by atoms with Gasteiger partial charge in [0.1, 0.15) is 0 Å². The molecular formula is C20H23N2S2. The van der Waals surface area contributed by atoms with Gasteiger partial charge in [-0.05, 0) is 31.5 Å². The Hall–Kier alpha value is -1.78. The number of nitrogens with zero attached hydrogens (tertiary/aromatic N) is 2. The number of hydrogen-bond donors (Lipinski definition) is 0. The molecule has 0 N–H and O–H groups in total. The number of hydrogen-bond acceptors (Lipinski definition) is 4. The predicted molar refractivity (Wildman–Crippen MR) is 113 cm³/mol.